The average Bonchev–Trinajstić information content (AvgIpc) is 2.64. The molecule has 0 bridgehead atoms. The maximum absolute atomic E-state index is 11.7. The average molecular weight is 341 g/mol. The number of ether oxygens (including phenoxy) is 1. The molecule has 1 aromatic rings. The van der Waals surface area contributed by atoms with Gasteiger partial charge in [0, 0.05) is 11.9 Å². The van der Waals surface area contributed by atoms with Gasteiger partial charge < -0.3 is 35.4 Å². The largest absolute Gasteiger partial charge is 0.387 e. The summed E-state index contributed by atoms with van der Waals surface area (Å²) in [4.78, 5) is 41.9. The Bertz CT molecular complexity index is 624. The fourth-order valence-corrected chi connectivity index (χ4v) is 3.74. The summed E-state index contributed by atoms with van der Waals surface area (Å²) >= 11 is 0. The normalized spacial score (nSPS) is 29.8. The van der Waals surface area contributed by atoms with E-state index in [2.05, 4.69) is 4.98 Å². The lowest BCUT2D eigenvalue weighted by molar-refractivity contribution is -0.0339. The molecule has 0 aromatic carbocycles. The maximum Gasteiger partial charge on any atom is 0.351 e. The van der Waals surface area contributed by atoms with E-state index in [1.54, 1.807) is 0 Å². The number of nitrogen functional groups attached to an aromatic ring is 1. The highest BCUT2D eigenvalue weighted by atomic mass is 32.5. The van der Waals surface area contributed by atoms with Gasteiger partial charge in [-0.15, -0.1) is 10.9 Å². The van der Waals surface area contributed by atoms with Crippen LogP contribution in [0.4, 0.5) is 5.82 Å². The number of thiol groups is 1. The van der Waals surface area contributed by atoms with E-state index in [-0.39, 0.29) is 22.5 Å². The van der Waals surface area contributed by atoms with Gasteiger partial charge in [0.1, 0.15) is 18.0 Å². The zero-order valence-corrected chi connectivity index (χ0v) is 12.4. The van der Waals surface area contributed by atoms with Crippen LogP contribution in [0.3, 0.4) is 0 Å². The van der Waals surface area contributed by atoms with Crippen molar-refractivity contribution in [3.8, 4) is 0 Å². The summed E-state index contributed by atoms with van der Waals surface area (Å²) in [6.07, 6.45) is -3.63. The van der Waals surface area contributed by atoms with Gasteiger partial charge in [-0.3, -0.25) is 4.57 Å². The fourth-order valence-electron chi connectivity index (χ4n) is 1.92. The number of rotatable bonds is 3. The van der Waals surface area contributed by atoms with Crippen LogP contribution in [0.15, 0.2) is 17.1 Å². The molecule has 21 heavy (non-hydrogen) atoms. The highest BCUT2D eigenvalue weighted by Crippen LogP contribution is 2.34. The van der Waals surface area contributed by atoms with Crippen LogP contribution < -0.4 is 11.4 Å². The summed E-state index contributed by atoms with van der Waals surface area (Å²) in [6.45, 7) is -4.02. The number of nitrogens with zero attached hydrogens (tertiary/aromatic N) is 2. The molecule has 1 aliphatic heterocycles. The highest BCUT2D eigenvalue weighted by Gasteiger charge is 2.43. The number of hydrogen-bond donors (Lipinski definition) is 7. The van der Waals surface area contributed by atoms with E-state index >= 15 is 0 Å². The van der Waals surface area contributed by atoms with E-state index in [9.17, 15) is 15.0 Å². The van der Waals surface area contributed by atoms with Crippen molar-refractivity contribution in [3.05, 3.63) is 22.7 Å². The van der Waals surface area contributed by atoms with E-state index in [1.165, 1.54) is 12.3 Å². The molecule has 1 saturated heterocycles. The minimum absolute atomic E-state index is 0.00905. The molecule has 4 atom stereocenters. The molecular formula is C9H16N3O7PS. The fraction of sp³-hybridized carbons (Fsp3) is 0.556. The van der Waals surface area contributed by atoms with E-state index in [0.29, 0.717) is 0 Å². The zero-order valence-electron chi connectivity index (χ0n) is 10.6. The number of anilines is 1. The third kappa shape index (κ3) is 3.90. The summed E-state index contributed by atoms with van der Waals surface area (Å²) < 4.78 is 6.32. The van der Waals surface area contributed by atoms with Crippen molar-refractivity contribution in [2.45, 2.75) is 24.5 Å². The number of aliphatic hydroxyl groups is 2. The van der Waals surface area contributed by atoms with Crippen LogP contribution >= 0.6 is 6.72 Å². The van der Waals surface area contributed by atoms with Gasteiger partial charge in [-0.05, 0) is 6.07 Å². The van der Waals surface area contributed by atoms with Crippen molar-refractivity contribution in [1.29, 1.82) is 0 Å². The van der Waals surface area contributed by atoms with E-state index in [4.69, 9.17) is 25.2 Å². The third-order valence-corrected chi connectivity index (χ3v) is 5.45. The second-order valence-corrected chi connectivity index (χ2v) is 8.63. The highest BCUT2D eigenvalue weighted by molar-refractivity contribution is 8.16. The first-order valence-electron chi connectivity index (χ1n) is 5.81. The molecule has 10 nitrogen and oxygen atoms in total. The first kappa shape index (κ1) is 16.6. The van der Waals surface area contributed by atoms with Gasteiger partial charge in [0.2, 0.25) is 0 Å². The molecule has 120 valence electrons. The predicted molar refractivity (Wildman–Crippen MR) is 76.0 cm³/mol. The van der Waals surface area contributed by atoms with Gasteiger partial charge in [0.25, 0.3) is 6.72 Å². The summed E-state index contributed by atoms with van der Waals surface area (Å²) in [5, 5.41) is 19.8. The smallest absolute Gasteiger partial charge is 0.351 e. The van der Waals surface area contributed by atoms with Crippen molar-refractivity contribution in [1.82, 2.24) is 9.55 Å². The number of aliphatic hydroxyl groups excluding tert-OH is 2. The lowest BCUT2D eigenvalue weighted by Gasteiger charge is -2.16. The summed E-state index contributed by atoms with van der Waals surface area (Å²) in [5.41, 5.74) is 4.60. The molecule has 2 rings (SSSR count). The molecule has 1 aliphatic rings. The molecule has 2 heterocycles. The molecule has 0 spiro atoms. The van der Waals surface area contributed by atoms with Crippen LogP contribution in [0.1, 0.15) is 6.23 Å². The molecule has 0 saturated carbocycles. The van der Waals surface area contributed by atoms with E-state index in [1.807, 2.05) is 0 Å². The Balaban J connectivity index is 2.22. The van der Waals surface area contributed by atoms with Crippen molar-refractivity contribution in [2.24, 2.45) is 0 Å². The van der Waals surface area contributed by atoms with Gasteiger partial charge in [0.05, 0.1) is 6.10 Å². The van der Waals surface area contributed by atoms with E-state index < -0.39 is 36.9 Å². The number of nitrogens with two attached hydrogens (primary N) is 1. The first-order chi connectivity index (χ1) is 9.69. The molecule has 1 fully saturated rings. The topological polar surface area (TPSA) is 171 Å². The Morgan fingerprint density at radius 1 is 1.38 bits per heavy atom. The lowest BCUT2D eigenvalue weighted by Crippen LogP contribution is -2.36. The van der Waals surface area contributed by atoms with Gasteiger partial charge in [-0.2, -0.15) is 4.98 Å². The molecule has 0 aliphatic carbocycles. The number of hydrogen-bond acceptors (Lipinski definition) is 6. The summed E-state index contributed by atoms with van der Waals surface area (Å²) in [5.74, 6) is -0.113. The van der Waals surface area contributed by atoms with Crippen molar-refractivity contribution in [3.63, 3.8) is 0 Å². The molecule has 0 radical (unpaired) electrons. The summed E-state index contributed by atoms with van der Waals surface area (Å²) in [6, 6.07) is 1.33. The van der Waals surface area contributed by atoms with Crippen molar-refractivity contribution in [2.75, 3.05) is 11.5 Å². The van der Waals surface area contributed by atoms with Gasteiger partial charge in [-0.25, -0.2) is 4.79 Å². The SMILES string of the molecule is Nc1ccn([C@@H]2O[C@H](C[SH]=P(O)(O)O)[C@@H](O)[C@H]2O)c(=O)n1. The molecule has 12 heteroatoms. The minimum atomic E-state index is -4.02. The molecule has 1 aromatic heterocycles. The zero-order chi connectivity index (χ0) is 15.8. The second-order valence-electron chi connectivity index (χ2n) is 4.45. The van der Waals surface area contributed by atoms with Crippen LogP contribution in [0.5, 0.6) is 0 Å². The Morgan fingerprint density at radius 3 is 2.62 bits per heavy atom. The Hall–Kier alpha value is -0.780. The molecule has 0 amide bonds. The maximum atomic E-state index is 11.7. The lowest BCUT2D eigenvalue weighted by atomic mass is 10.1. The quantitative estimate of drug-likeness (QED) is 0.222. The molecule has 7 N–H and O–H groups in total. The second kappa shape index (κ2) is 6.15. The molecular weight excluding hydrogens is 325 g/mol. The Labute approximate surface area is 122 Å². The first-order valence-corrected chi connectivity index (χ1v) is 9.25. The van der Waals surface area contributed by atoms with Gasteiger partial charge in [0.15, 0.2) is 6.23 Å². The van der Waals surface area contributed by atoms with Gasteiger partial charge in [-0.1, -0.05) is 0 Å². The van der Waals surface area contributed by atoms with Crippen LogP contribution in [0.25, 0.3) is 0 Å². The van der Waals surface area contributed by atoms with Crippen LogP contribution in [0.2, 0.25) is 0 Å². The standard InChI is InChI=1S/C9H16N3O7PS/c10-5-1-2-12(9(15)11-5)8-7(14)6(13)4(19-8)3-21-20(16,17)18/h1-2,4,6-8,13-14,16-18,21H,3H2,(H2,10,11,15)/t4-,6-,7-,8-/m1/s1. The van der Waals surface area contributed by atoms with E-state index in [0.717, 1.165) is 4.57 Å². The summed E-state index contributed by atoms with van der Waals surface area (Å²) in [7, 11) is -0.124. The Kier molecular flexibility index (Phi) is 4.85. The van der Waals surface area contributed by atoms with Gasteiger partial charge >= 0.3 is 5.69 Å². The molecule has 0 unspecified atom stereocenters. The van der Waals surface area contributed by atoms with Crippen molar-refractivity contribution >= 4 is 23.5 Å². The predicted octanol–water partition coefficient (Wildman–Crippen LogP) is -3.09. The van der Waals surface area contributed by atoms with Crippen LogP contribution in [-0.4, -0.2) is 58.5 Å². The Morgan fingerprint density at radius 2 is 2.05 bits per heavy atom. The van der Waals surface area contributed by atoms with Crippen LogP contribution in [0, 0.1) is 0 Å². The number of aromatic nitrogens is 2. The van der Waals surface area contributed by atoms with Crippen molar-refractivity contribution < 1.29 is 29.6 Å². The monoisotopic (exact) mass is 341 g/mol. The third-order valence-electron chi connectivity index (χ3n) is 2.91. The minimum Gasteiger partial charge on any atom is -0.387 e. The van der Waals surface area contributed by atoms with Crippen LogP contribution in [-0.2, 0) is 15.7 Å².